The van der Waals surface area contributed by atoms with Crippen LogP contribution in [0.2, 0.25) is 0 Å². The number of aryl methyl sites for hydroxylation is 1. The van der Waals surface area contributed by atoms with Crippen LogP contribution >= 0.6 is 0 Å². The Balaban J connectivity index is 1.84. The smallest absolute Gasteiger partial charge is 0.124 e. The first kappa shape index (κ1) is 13.7. The summed E-state index contributed by atoms with van der Waals surface area (Å²) in [6.07, 6.45) is 9.73. The van der Waals surface area contributed by atoms with Gasteiger partial charge in [-0.25, -0.2) is 0 Å². The van der Waals surface area contributed by atoms with E-state index in [1.807, 2.05) is 0 Å². The Kier molecular flexibility index (Phi) is 4.11. The van der Waals surface area contributed by atoms with E-state index in [1.54, 1.807) is 0 Å². The lowest BCUT2D eigenvalue weighted by molar-refractivity contribution is 0.0876. The zero-order valence-corrected chi connectivity index (χ0v) is 12.6. The molecule has 2 nitrogen and oxygen atoms in total. The number of fused-ring (bicyclic) bond motifs is 1. The van der Waals surface area contributed by atoms with Gasteiger partial charge in [-0.2, -0.15) is 0 Å². The van der Waals surface area contributed by atoms with Crippen molar-refractivity contribution in [3.8, 4) is 5.75 Å². The molecule has 0 radical (unpaired) electrons. The third kappa shape index (κ3) is 2.76. The van der Waals surface area contributed by atoms with Crippen LogP contribution in [0.5, 0.6) is 5.75 Å². The second kappa shape index (κ2) is 6.01. The highest BCUT2D eigenvalue weighted by Gasteiger charge is 2.32. The van der Waals surface area contributed by atoms with Gasteiger partial charge in [-0.15, -0.1) is 0 Å². The molecule has 2 heteroatoms. The summed E-state index contributed by atoms with van der Waals surface area (Å²) in [5.74, 6) is 1.77. The molecule has 0 saturated carbocycles. The average molecular weight is 271 g/mol. The predicted octanol–water partition coefficient (Wildman–Crippen LogP) is 4.15. The summed E-state index contributed by atoms with van der Waals surface area (Å²) in [5.41, 5.74) is 2.66. The molecule has 1 aliphatic carbocycles. The van der Waals surface area contributed by atoms with Crippen molar-refractivity contribution < 1.29 is 4.74 Å². The zero-order valence-electron chi connectivity index (χ0n) is 12.6. The van der Waals surface area contributed by atoms with Gasteiger partial charge >= 0.3 is 0 Å². The minimum atomic E-state index is 0.360. The second-order valence-electron chi connectivity index (χ2n) is 6.09. The molecule has 0 spiro atoms. The number of hydrogen-bond acceptors (Lipinski definition) is 2. The van der Waals surface area contributed by atoms with E-state index in [0.717, 1.165) is 18.7 Å². The van der Waals surface area contributed by atoms with Crippen molar-refractivity contribution in [1.82, 2.24) is 5.32 Å². The van der Waals surface area contributed by atoms with Crippen LogP contribution < -0.4 is 10.1 Å². The normalized spacial score (nSPS) is 28.8. The molecule has 0 amide bonds. The summed E-state index contributed by atoms with van der Waals surface area (Å²) in [4.78, 5) is 0. The van der Waals surface area contributed by atoms with Crippen LogP contribution in [-0.4, -0.2) is 12.6 Å². The Labute approximate surface area is 122 Å². The van der Waals surface area contributed by atoms with Crippen LogP contribution in [0.25, 0.3) is 0 Å². The number of hydrogen-bond donors (Lipinski definition) is 1. The minimum absolute atomic E-state index is 0.360. The third-order valence-electron chi connectivity index (χ3n) is 4.57. The van der Waals surface area contributed by atoms with Crippen LogP contribution in [0.1, 0.15) is 49.8 Å². The Morgan fingerprint density at radius 2 is 2.20 bits per heavy atom. The third-order valence-corrected chi connectivity index (χ3v) is 4.57. The van der Waals surface area contributed by atoms with E-state index < -0.39 is 0 Å². The average Bonchev–Trinajstić information content (AvgIpc) is 2.49. The van der Waals surface area contributed by atoms with Gasteiger partial charge < -0.3 is 10.1 Å². The van der Waals surface area contributed by atoms with Gasteiger partial charge in [0.2, 0.25) is 0 Å². The standard InChI is InChI=1S/C18H25NO/c1-3-19-16-12-18(14-7-5-4-6-8-14)20-17-10-9-13(2)11-15(16)17/h4-5,9-11,14,16,18-19H,3,6-8,12H2,1-2H3. The first-order valence-electron chi connectivity index (χ1n) is 7.93. The summed E-state index contributed by atoms with van der Waals surface area (Å²) in [6, 6.07) is 7.03. The van der Waals surface area contributed by atoms with Crippen molar-refractivity contribution in [2.24, 2.45) is 5.92 Å². The van der Waals surface area contributed by atoms with Gasteiger partial charge in [-0.3, -0.25) is 0 Å². The molecule has 3 rings (SSSR count). The molecule has 0 saturated heterocycles. The van der Waals surface area contributed by atoms with Crippen molar-refractivity contribution >= 4 is 0 Å². The van der Waals surface area contributed by atoms with Crippen LogP contribution in [-0.2, 0) is 0 Å². The van der Waals surface area contributed by atoms with Crippen LogP contribution in [0.4, 0.5) is 0 Å². The SMILES string of the molecule is CCNC1CC(C2CC=CCC2)Oc2ccc(C)cc21. The molecule has 1 aromatic rings. The highest BCUT2D eigenvalue weighted by Crippen LogP contribution is 2.39. The van der Waals surface area contributed by atoms with Crippen LogP contribution in [0.3, 0.4) is 0 Å². The van der Waals surface area contributed by atoms with E-state index in [0.29, 0.717) is 18.1 Å². The van der Waals surface area contributed by atoms with Crippen molar-refractivity contribution in [2.45, 2.75) is 51.7 Å². The van der Waals surface area contributed by atoms with Gasteiger partial charge in [0.05, 0.1) is 0 Å². The molecule has 1 heterocycles. The monoisotopic (exact) mass is 271 g/mol. The summed E-state index contributed by atoms with van der Waals surface area (Å²) in [7, 11) is 0. The fraction of sp³-hybridized carbons (Fsp3) is 0.556. The van der Waals surface area contributed by atoms with E-state index in [-0.39, 0.29) is 0 Å². The predicted molar refractivity (Wildman–Crippen MR) is 83.1 cm³/mol. The molecule has 2 aliphatic rings. The zero-order chi connectivity index (χ0) is 13.9. The first-order valence-corrected chi connectivity index (χ1v) is 7.93. The number of benzene rings is 1. The van der Waals surface area contributed by atoms with Gasteiger partial charge in [0.15, 0.2) is 0 Å². The molecule has 3 atom stereocenters. The second-order valence-corrected chi connectivity index (χ2v) is 6.09. The molecular formula is C18H25NO. The lowest BCUT2D eigenvalue weighted by atomic mass is 9.83. The highest BCUT2D eigenvalue weighted by molar-refractivity contribution is 5.41. The number of nitrogens with one attached hydrogen (secondary N) is 1. The molecule has 1 aliphatic heterocycles. The Bertz CT molecular complexity index is 494. The molecular weight excluding hydrogens is 246 g/mol. The quantitative estimate of drug-likeness (QED) is 0.834. The van der Waals surface area contributed by atoms with E-state index >= 15 is 0 Å². The van der Waals surface area contributed by atoms with Gasteiger partial charge in [0, 0.05) is 18.0 Å². The topological polar surface area (TPSA) is 21.3 Å². The maximum atomic E-state index is 6.33. The van der Waals surface area contributed by atoms with Crippen LogP contribution in [0, 0.1) is 12.8 Å². The molecule has 0 fully saturated rings. The lowest BCUT2D eigenvalue weighted by Crippen LogP contribution is -2.37. The Morgan fingerprint density at radius 3 is 2.95 bits per heavy atom. The van der Waals surface area contributed by atoms with Crippen LogP contribution in [0.15, 0.2) is 30.4 Å². The minimum Gasteiger partial charge on any atom is -0.490 e. The van der Waals surface area contributed by atoms with Crippen molar-refractivity contribution in [1.29, 1.82) is 0 Å². The molecule has 20 heavy (non-hydrogen) atoms. The van der Waals surface area contributed by atoms with E-state index in [9.17, 15) is 0 Å². The van der Waals surface area contributed by atoms with Gasteiger partial charge in [-0.1, -0.05) is 36.8 Å². The van der Waals surface area contributed by atoms with E-state index in [1.165, 1.54) is 30.4 Å². The Morgan fingerprint density at radius 1 is 1.30 bits per heavy atom. The first-order chi connectivity index (χ1) is 9.78. The molecule has 1 N–H and O–H groups in total. The molecule has 108 valence electrons. The molecule has 1 aromatic carbocycles. The maximum Gasteiger partial charge on any atom is 0.124 e. The van der Waals surface area contributed by atoms with Gasteiger partial charge in [0.1, 0.15) is 11.9 Å². The fourth-order valence-electron chi connectivity index (χ4n) is 3.50. The molecule has 3 unspecified atom stereocenters. The summed E-state index contributed by atoms with van der Waals surface area (Å²) in [5, 5.41) is 3.64. The highest BCUT2D eigenvalue weighted by atomic mass is 16.5. The number of ether oxygens (including phenoxy) is 1. The van der Waals surface area contributed by atoms with Gasteiger partial charge in [0.25, 0.3) is 0 Å². The Hall–Kier alpha value is -1.28. The summed E-state index contributed by atoms with van der Waals surface area (Å²) >= 11 is 0. The largest absolute Gasteiger partial charge is 0.490 e. The number of allylic oxidation sites excluding steroid dienone is 2. The number of rotatable bonds is 3. The van der Waals surface area contributed by atoms with Crippen molar-refractivity contribution in [3.05, 3.63) is 41.5 Å². The summed E-state index contributed by atoms with van der Waals surface area (Å²) < 4.78 is 6.33. The maximum absolute atomic E-state index is 6.33. The fourth-order valence-corrected chi connectivity index (χ4v) is 3.50. The lowest BCUT2D eigenvalue weighted by Gasteiger charge is -2.37. The molecule has 0 bridgehead atoms. The van der Waals surface area contributed by atoms with E-state index in [2.05, 4.69) is 49.5 Å². The van der Waals surface area contributed by atoms with E-state index in [4.69, 9.17) is 4.74 Å². The van der Waals surface area contributed by atoms with Gasteiger partial charge in [-0.05, 0) is 44.7 Å². The molecule has 0 aromatic heterocycles. The van der Waals surface area contributed by atoms with Crippen molar-refractivity contribution in [3.63, 3.8) is 0 Å². The van der Waals surface area contributed by atoms with Crippen molar-refractivity contribution in [2.75, 3.05) is 6.54 Å². The summed E-state index contributed by atoms with van der Waals surface area (Å²) in [6.45, 7) is 5.35.